The molecule has 0 bridgehead atoms. The van der Waals surface area contributed by atoms with Gasteiger partial charge in [-0.25, -0.2) is 4.79 Å². The second kappa shape index (κ2) is 7.63. The number of benzene rings is 1. The Morgan fingerprint density at radius 2 is 2.11 bits per heavy atom. The van der Waals surface area contributed by atoms with Crippen molar-refractivity contribution in [2.24, 2.45) is 0 Å². The third kappa shape index (κ3) is 5.18. The van der Waals surface area contributed by atoms with Gasteiger partial charge in [-0.3, -0.25) is 10.1 Å². The SMILES string of the molecule is CCOC(=O)Nc1ccc(Cl)cc1CCC(=O)OC. The molecule has 5 nitrogen and oxygen atoms in total. The number of aryl methyl sites for hydroxylation is 1. The number of esters is 1. The van der Waals surface area contributed by atoms with E-state index >= 15 is 0 Å². The predicted molar refractivity (Wildman–Crippen MR) is 72.4 cm³/mol. The van der Waals surface area contributed by atoms with E-state index in [0.29, 0.717) is 17.1 Å². The van der Waals surface area contributed by atoms with Gasteiger partial charge in [0, 0.05) is 17.1 Å². The number of ether oxygens (including phenoxy) is 2. The molecule has 0 heterocycles. The Balaban J connectivity index is 2.79. The van der Waals surface area contributed by atoms with Crippen LogP contribution >= 0.6 is 11.6 Å². The number of nitrogens with one attached hydrogen (secondary N) is 1. The van der Waals surface area contributed by atoms with Crippen molar-refractivity contribution in [2.75, 3.05) is 19.0 Å². The molecule has 19 heavy (non-hydrogen) atoms. The van der Waals surface area contributed by atoms with Crippen LogP contribution in [-0.2, 0) is 20.7 Å². The summed E-state index contributed by atoms with van der Waals surface area (Å²) in [6, 6.07) is 5.03. The molecule has 0 saturated carbocycles. The van der Waals surface area contributed by atoms with Crippen LogP contribution in [-0.4, -0.2) is 25.8 Å². The van der Waals surface area contributed by atoms with Crippen LogP contribution in [0.15, 0.2) is 18.2 Å². The third-order valence-corrected chi connectivity index (χ3v) is 2.64. The second-order valence-corrected chi connectivity index (χ2v) is 4.16. The van der Waals surface area contributed by atoms with Crippen LogP contribution in [0.2, 0.25) is 5.02 Å². The van der Waals surface area contributed by atoms with Crippen LogP contribution in [0.25, 0.3) is 0 Å². The zero-order chi connectivity index (χ0) is 14.3. The number of methoxy groups -OCH3 is 1. The fraction of sp³-hybridized carbons (Fsp3) is 0.385. The van der Waals surface area contributed by atoms with Gasteiger partial charge in [-0.2, -0.15) is 0 Å². The highest BCUT2D eigenvalue weighted by atomic mass is 35.5. The number of anilines is 1. The Bertz CT molecular complexity index is 462. The van der Waals surface area contributed by atoms with Gasteiger partial charge in [-0.15, -0.1) is 0 Å². The largest absolute Gasteiger partial charge is 0.469 e. The van der Waals surface area contributed by atoms with Gasteiger partial charge in [0.1, 0.15) is 0 Å². The molecule has 0 unspecified atom stereocenters. The standard InChI is InChI=1S/C13H16ClNO4/c1-3-19-13(17)15-11-6-5-10(14)8-9(11)4-7-12(16)18-2/h5-6,8H,3-4,7H2,1-2H3,(H,15,17). The zero-order valence-electron chi connectivity index (χ0n) is 10.9. The van der Waals surface area contributed by atoms with Gasteiger partial charge >= 0.3 is 12.1 Å². The lowest BCUT2D eigenvalue weighted by Crippen LogP contribution is -2.15. The molecule has 0 aliphatic carbocycles. The minimum Gasteiger partial charge on any atom is -0.469 e. The lowest BCUT2D eigenvalue weighted by molar-refractivity contribution is -0.140. The average Bonchev–Trinajstić information content (AvgIpc) is 2.38. The molecule has 0 saturated heterocycles. The molecule has 1 rings (SSSR count). The highest BCUT2D eigenvalue weighted by Crippen LogP contribution is 2.22. The molecule has 0 aromatic heterocycles. The summed E-state index contributed by atoms with van der Waals surface area (Å²) < 4.78 is 9.38. The van der Waals surface area contributed by atoms with Crippen LogP contribution in [0, 0.1) is 0 Å². The van der Waals surface area contributed by atoms with E-state index < -0.39 is 6.09 Å². The maximum absolute atomic E-state index is 11.4. The van der Waals surface area contributed by atoms with Gasteiger partial charge in [0.05, 0.1) is 13.7 Å². The number of halogens is 1. The molecular formula is C13H16ClNO4. The molecule has 1 aromatic rings. The molecule has 0 spiro atoms. The lowest BCUT2D eigenvalue weighted by atomic mass is 10.1. The van der Waals surface area contributed by atoms with Gasteiger partial charge in [0.15, 0.2) is 0 Å². The number of hydrogen-bond acceptors (Lipinski definition) is 4. The first-order valence-electron chi connectivity index (χ1n) is 5.85. The van der Waals surface area contributed by atoms with Crippen LogP contribution in [0.3, 0.4) is 0 Å². The number of rotatable bonds is 5. The number of amides is 1. The first-order chi connectivity index (χ1) is 9.06. The molecule has 0 fully saturated rings. The number of carbonyl (C=O) groups excluding carboxylic acids is 2. The summed E-state index contributed by atoms with van der Waals surface area (Å²) in [4.78, 5) is 22.5. The molecule has 1 aromatic carbocycles. The minimum absolute atomic E-state index is 0.217. The maximum Gasteiger partial charge on any atom is 0.411 e. The minimum atomic E-state index is -0.538. The summed E-state index contributed by atoms with van der Waals surface area (Å²) in [6.07, 6.45) is 0.104. The van der Waals surface area contributed by atoms with Crippen molar-refractivity contribution in [3.63, 3.8) is 0 Å². The van der Waals surface area contributed by atoms with E-state index in [0.717, 1.165) is 5.56 Å². The van der Waals surface area contributed by atoms with E-state index in [1.807, 2.05) is 0 Å². The Morgan fingerprint density at radius 3 is 2.74 bits per heavy atom. The number of carbonyl (C=O) groups is 2. The maximum atomic E-state index is 11.4. The summed E-state index contributed by atoms with van der Waals surface area (Å²) >= 11 is 5.90. The Kier molecular flexibility index (Phi) is 6.15. The van der Waals surface area contributed by atoms with Crippen LogP contribution in [0.1, 0.15) is 18.9 Å². The fourth-order valence-corrected chi connectivity index (χ4v) is 1.70. The van der Waals surface area contributed by atoms with Gasteiger partial charge < -0.3 is 9.47 Å². The third-order valence-electron chi connectivity index (χ3n) is 2.41. The van der Waals surface area contributed by atoms with Crippen molar-refractivity contribution in [3.8, 4) is 0 Å². The van der Waals surface area contributed by atoms with E-state index in [-0.39, 0.29) is 19.0 Å². The van der Waals surface area contributed by atoms with Gasteiger partial charge in [-0.05, 0) is 37.1 Å². The second-order valence-electron chi connectivity index (χ2n) is 3.72. The highest BCUT2D eigenvalue weighted by Gasteiger charge is 2.10. The van der Waals surface area contributed by atoms with Crippen molar-refractivity contribution in [3.05, 3.63) is 28.8 Å². The van der Waals surface area contributed by atoms with Crippen molar-refractivity contribution in [2.45, 2.75) is 19.8 Å². The molecule has 0 aliphatic heterocycles. The van der Waals surface area contributed by atoms with Crippen molar-refractivity contribution >= 4 is 29.4 Å². The van der Waals surface area contributed by atoms with Crippen LogP contribution < -0.4 is 5.32 Å². The predicted octanol–water partition coefficient (Wildman–Crippen LogP) is 3.01. The molecule has 104 valence electrons. The van der Waals surface area contributed by atoms with E-state index in [2.05, 4.69) is 10.1 Å². The average molecular weight is 286 g/mol. The van der Waals surface area contributed by atoms with Gasteiger partial charge in [0.2, 0.25) is 0 Å². The lowest BCUT2D eigenvalue weighted by Gasteiger charge is -2.11. The van der Waals surface area contributed by atoms with E-state index in [4.69, 9.17) is 16.3 Å². The summed E-state index contributed by atoms with van der Waals surface area (Å²) in [5.74, 6) is -0.318. The molecule has 0 aliphatic rings. The van der Waals surface area contributed by atoms with Gasteiger partial charge in [0.25, 0.3) is 0 Å². The van der Waals surface area contributed by atoms with Crippen molar-refractivity contribution in [1.29, 1.82) is 0 Å². The summed E-state index contributed by atoms with van der Waals surface area (Å²) in [5, 5.41) is 3.14. The molecular weight excluding hydrogens is 270 g/mol. The van der Waals surface area contributed by atoms with Crippen LogP contribution in [0.5, 0.6) is 0 Å². The molecule has 1 amide bonds. The number of hydrogen-bond donors (Lipinski definition) is 1. The normalized spacial score (nSPS) is 9.84. The summed E-state index contributed by atoms with van der Waals surface area (Å²) in [6.45, 7) is 2.01. The topological polar surface area (TPSA) is 64.6 Å². The van der Waals surface area contributed by atoms with Crippen molar-refractivity contribution < 1.29 is 19.1 Å². The zero-order valence-corrected chi connectivity index (χ0v) is 11.6. The first-order valence-corrected chi connectivity index (χ1v) is 6.23. The molecule has 0 radical (unpaired) electrons. The van der Waals surface area contributed by atoms with Crippen LogP contribution in [0.4, 0.5) is 10.5 Å². The Morgan fingerprint density at radius 1 is 1.37 bits per heavy atom. The van der Waals surface area contributed by atoms with Gasteiger partial charge in [-0.1, -0.05) is 11.6 Å². The molecule has 6 heteroatoms. The molecule has 1 N–H and O–H groups in total. The monoisotopic (exact) mass is 285 g/mol. The Labute approximate surface area is 116 Å². The van der Waals surface area contributed by atoms with E-state index in [9.17, 15) is 9.59 Å². The van der Waals surface area contributed by atoms with E-state index in [1.165, 1.54) is 7.11 Å². The van der Waals surface area contributed by atoms with E-state index in [1.54, 1.807) is 25.1 Å². The molecule has 0 atom stereocenters. The fourth-order valence-electron chi connectivity index (χ4n) is 1.51. The summed E-state index contributed by atoms with van der Waals surface area (Å²) in [5.41, 5.74) is 1.33. The van der Waals surface area contributed by atoms with Crippen molar-refractivity contribution in [1.82, 2.24) is 0 Å². The Hall–Kier alpha value is -1.75. The quantitative estimate of drug-likeness (QED) is 0.845. The summed E-state index contributed by atoms with van der Waals surface area (Å²) in [7, 11) is 1.33. The highest BCUT2D eigenvalue weighted by molar-refractivity contribution is 6.30. The first kappa shape index (κ1) is 15.3. The smallest absolute Gasteiger partial charge is 0.411 e.